The number of nitrogens with one attached hydrogen (secondary N) is 1. The summed E-state index contributed by atoms with van der Waals surface area (Å²) >= 11 is 5.86. The minimum atomic E-state index is -1.13. The lowest BCUT2D eigenvalue weighted by atomic mass is 10.3. The van der Waals surface area contributed by atoms with Crippen molar-refractivity contribution in [1.29, 1.82) is 0 Å². The van der Waals surface area contributed by atoms with Gasteiger partial charge < -0.3 is 14.9 Å². The summed E-state index contributed by atoms with van der Waals surface area (Å²) in [6.07, 6.45) is 1.38. The van der Waals surface area contributed by atoms with E-state index in [0.29, 0.717) is 16.4 Å². The van der Waals surface area contributed by atoms with Crippen LogP contribution in [0.3, 0.4) is 0 Å². The van der Waals surface area contributed by atoms with Gasteiger partial charge in [-0.25, -0.2) is 4.79 Å². The van der Waals surface area contributed by atoms with Gasteiger partial charge in [0.1, 0.15) is 18.5 Å². The number of rotatable bonds is 5. The Bertz CT molecular complexity index is 630. The number of hydrogen-bond donors (Lipinski definition) is 2. The van der Waals surface area contributed by atoms with Gasteiger partial charge in [0.15, 0.2) is 0 Å². The molecule has 8 heteroatoms. The summed E-state index contributed by atoms with van der Waals surface area (Å²) < 4.78 is 4.65. The molecule has 0 saturated carbocycles. The minimum absolute atomic E-state index is 0.131. The van der Waals surface area contributed by atoms with Gasteiger partial charge >= 0.3 is 12.0 Å². The van der Waals surface area contributed by atoms with Gasteiger partial charge in [0.25, 0.3) is 0 Å². The first-order chi connectivity index (χ1) is 10.1. The molecule has 2 rings (SSSR count). The minimum Gasteiger partial charge on any atom is -0.480 e. The van der Waals surface area contributed by atoms with E-state index in [2.05, 4.69) is 15.0 Å². The van der Waals surface area contributed by atoms with Crippen LogP contribution in [-0.4, -0.2) is 28.8 Å². The average molecular weight is 310 g/mol. The Balaban J connectivity index is 2.11. The highest BCUT2D eigenvalue weighted by molar-refractivity contribution is 6.30. The SMILES string of the molecule is O=C(O)CN(C(=O)NCc1ccon1)c1cccc(Cl)c1. The largest absolute Gasteiger partial charge is 0.480 e. The molecule has 1 aromatic carbocycles. The van der Waals surface area contributed by atoms with Gasteiger partial charge in [-0.15, -0.1) is 0 Å². The van der Waals surface area contributed by atoms with Crippen LogP contribution >= 0.6 is 11.6 Å². The molecule has 0 unspecified atom stereocenters. The summed E-state index contributed by atoms with van der Waals surface area (Å²) in [5.41, 5.74) is 0.923. The number of carboxylic acid groups (broad SMARTS) is 1. The highest BCUT2D eigenvalue weighted by Gasteiger charge is 2.19. The quantitative estimate of drug-likeness (QED) is 0.882. The summed E-state index contributed by atoms with van der Waals surface area (Å²) in [7, 11) is 0. The van der Waals surface area contributed by atoms with Gasteiger partial charge in [0, 0.05) is 16.8 Å². The Morgan fingerprint density at radius 1 is 1.38 bits per heavy atom. The molecule has 1 aromatic heterocycles. The van der Waals surface area contributed by atoms with E-state index in [-0.39, 0.29) is 6.54 Å². The van der Waals surface area contributed by atoms with Crippen molar-refractivity contribution in [3.63, 3.8) is 0 Å². The molecule has 110 valence electrons. The van der Waals surface area contributed by atoms with Crippen LogP contribution in [-0.2, 0) is 11.3 Å². The Hall–Kier alpha value is -2.54. The van der Waals surface area contributed by atoms with Crippen LogP contribution in [0.4, 0.5) is 10.5 Å². The highest BCUT2D eigenvalue weighted by Crippen LogP contribution is 2.19. The predicted octanol–water partition coefficient (Wildman–Crippen LogP) is 2.13. The van der Waals surface area contributed by atoms with E-state index in [9.17, 15) is 9.59 Å². The predicted molar refractivity (Wildman–Crippen MR) is 75.2 cm³/mol. The van der Waals surface area contributed by atoms with Gasteiger partial charge in [-0.1, -0.05) is 22.8 Å². The standard InChI is InChI=1S/C13H12ClN3O4/c14-9-2-1-3-11(6-9)17(8-12(18)19)13(20)15-7-10-4-5-21-16-10/h1-6H,7-8H2,(H,15,20)(H,18,19). The summed E-state index contributed by atoms with van der Waals surface area (Å²) in [5.74, 6) is -1.13. The summed E-state index contributed by atoms with van der Waals surface area (Å²) in [5, 5.41) is 15.6. The molecule has 21 heavy (non-hydrogen) atoms. The lowest BCUT2D eigenvalue weighted by molar-refractivity contribution is -0.135. The fourth-order valence-corrected chi connectivity index (χ4v) is 1.83. The third kappa shape index (κ3) is 4.22. The number of carbonyl (C=O) groups excluding carboxylic acids is 1. The van der Waals surface area contributed by atoms with E-state index in [1.165, 1.54) is 12.3 Å². The van der Waals surface area contributed by atoms with E-state index >= 15 is 0 Å². The van der Waals surface area contributed by atoms with Crippen LogP contribution in [0.2, 0.25) is 5.02 Å². The number of aliphatic carboxylic acids is 1. The molecule has 0 aliphatic heterocycles. The second kappa shape index (κ2) is 6.76. The molecular formula is C13H12ClN3O4. The van der Waals surface area contributed by atoms with Gasteiger partial charge in [0.2, 0.25) is 0 Å². The third-order valence-electron chi connectivity index (χ3n) is 2.57. The first kappa shape index (κ1) is 14.9. The number of halogens is 1. The van der Waals surface area contributed by atoms with E-state index in [0.717, 1.165) is 4.90 Å². The number of carbonyl (C=O) groups is 2. The van der Waals surface area contributed by atoms with Crippen molar-refractivity contribution in [1.82, 2.24) is 10.5 Å². The Morgan fingerprint density at radius 3 is 2.81 bits per heavy atom. The molecular weight excluding hydrogens is 298 g/mol. The van der Waals surface area contributed by atoms with Crippen LogP contribution in [0, 0.1) is 0 Å². The zero-order chi connectivity index (χ0) is 15.2. The van der Waals surface area contributed by atoms with Crippen LogP contribution in [0.15, 0.2) is 41.1 Å². The lowest BCUT2D eigenvalue weighted by Crippen LogP contribution is -2.42. The Kier molecular flexibility index (Phi) is 4.78. The fraction of sp³-hybridized carbons (Fsp3) is 0.154. The van der Waals surface area contributed by atoms with Crippen molar-refractivity contribution in [2.45, 2.75) is 6.54 Å². The number of benzene rings is 1. The molecule has 2 aromatic rings. The molecule has 0 radical (unpaired) electrons. The molecule has 0 aliphatic carbocycles. The second-order valence-corrected chi connectivity index (χ2v) is 4.55. The number of urea groups is 1. The van der Waals surface area contributed by atoms with E-state index in [1.54, 1.807) is 24.3 Å². The molecule has 2 amide bonds. The molecule has 0 saturated heterocycles. The first-order valence-electron chi connectivity index (χ1n) is 5.98. The van der Waals surface area contributed by atoms with Crippen LogP contribution in [0.5, 0.6) is 0 Å². The summed E-state index contributed by atoms with van der Waals surface area (Å²) in [6.45, 7) is -0.350. The van der Waals surface area contributed by atoms with Crippen molar-refractivity contribution < 1.29 is 19.2 Å². The maximum Gasteiger partial charge on any atom is 0.323 e. The van der Waals surface area contributed by atoms with Gasteiger partial charge in [-0.3, -0.25) is 9.69 Å². The first-order valence-corrected chi connectivity index (χ1v) is 6.36. The number of aromatic nitrogens is 1. The summed E-state index contributed by atoms with van der Waals surface area (Å²) in [6, 6.07) is 7.42. The number of anilines is 1. The van der Waals surface area contributed by atoms with Crippen LogP contribution in [0.25, 0.3) is 0 Å². The van der Waals surface area contributed by atoms with Crippen LogP contribution < -0.4 is 10.2 Å². The summed E-state index contributed by atoms with van der Waals surface area (Å²) in [4.78, 5) is 24.1. The molecule has 0 aliphatic rings. The zero-order valence-electron chi connectivity index (χ0n) is 10.8. The average Bonchev–Trinajstić information content (AvgIpc) is 2.95. The molecule has 0 spiro atoms. The van der Waals surface area contributed by atoms with Crippen LogP contribution in [0.1, 0.15) is 5.69 Å². The van der Waals surface area contributed by atoms with Crippen molar-refractivity contribution in [2.24, 2.45) is 0 Å². The normalized spacial score (nSPS) is 10.1. The molecule has 7 nitrogen and oxygen atoms in total. The number of amides is 2. The molecule has 0 fully saturated rings. The van der Waals surface area contributed by atoms with Crippen molar-refractivity contribution >= 4 is 29.3 Å². The molecule has 0 bridgehead atoms. The maximum absolute atomic E-state index is 12.1. The van der Waals surface area contributed by atoms with E-state index in [1.807, 2.05) is 0 Å². The van der Waals surface area contributed by atoms with E-state index in [4.69, 9.17) is 16.7 Å². The van der Waals surface area contributed by atoms with Crippen molar-refractivity contribution in [3.8, 4) is 0 Å². The van der Waals surface area contributed by atoms with Crippen molar-refractivity contribution in [3.05, 3.63) is 47.3 Å². The highest BCUT2D eigenvalue weighted by atomic mass is 35.5. The van der Waals surface area contributed by atoms with Crippen molar-refractivity contribution in [2.75, 3.05) is 11.4 Å². The number of hydrogen-bond acceptors (Lipinski definition) is 4. The maximum atomic E-state index is 12.1. The number of carboxylic acids is 1. The van der Waals surface area contributed by atoms with Gasteiger partial charge in [-0.2, -0.15) is 0 Å². The van der Waals surface area contributed by atoms with Gasteiger partial charge in [-0.05, 0) is 18.2 Å². The Morgan fingerprint density at radius 2 is 2.19 bits per heavy atom. The zero-order valence-corrected chi connectivity index (χ0v) is 11.6. The second-order valence-electron chi connectivity index (χ2n) is 4.11. The third-order valence-corrected chi connectivity index (χ3v) is 2.81. The van der Waals surface area contributed by atoms with E-state index < -0.39 is 18.5 Å². The molecule has 2 N–H and O–H groups in total. The fourth-order valence-electron chi connectivity index (χ4n) is 1.65. The molecule has 0 atom stereocenters. The number of nitrogens with zero attached hydrogens (tertiary/aromatic N) is 2. The molecule has 1 heterocycles. The topological polar surface area (TPSA) is 95.7 Å². The Labute approximate surface area is 125 Å². The van der Waals surface area contributed by atoms with Gasteiger partial charge in [0.05, 0.1) is 6.54 Å². The lowest BCUT2D eigenvalue weighted by Gasteiger charge is -2.21. The smallest absolute Gasteiger partial charge is 0.323 e. The monoisotopic (exact) mass is 309 g/mol.